The summed E-state index contributed by atoms with van der Waals surface area (Å²) in [6, 6.07) is 18.0. The minimum atomic E-state index is -0.426. The van der Waals surface area contributed by atoms with Crippen molar-refractivity contribution < 1.29 is 9.53 Å². The second-order valence-corrected chi connectivity index (χ2v) is 12.2. The van der Waals surface area contributed by atoms with E-state index in [1.807, 2.05) is 48.7 Å². The Hall–Kier alpha value is -3.49. The lowest BCUT2D eigenvalue weighted by atomic mass is 9.93. The second-order valence-electron chi connectivity index (χ2n) is 12.2. The van der Waals surface area contributed by atoms with E-state index in [2.05, 4.69) is 49.0 Å². The summed E-state index contributed by atoms with van der Waals surface area (Å²) in [4.78, 5) is 29.0. The minimum Gasteiger partial charge on any atom is -0.443 e. The third kappa shape index (κ3) is 9.50. The highest BCUT2D eigenvalue weighted by atomic mass is 16.6. The van der Waals surface area contributed by atoms with E-state index in [4.69, 9.17) is 4.74 Å². The van der Waals surface area contributed by atoms with Crippen molar-refractivity contribution in [1.29, 1.82) is 0 Å². The molecule has 0 aliphatic carbocycles. The van der Waals surface area contributed by atoms with Gasteiger partial charge in [0.1, 0.15) is 11.4 Å². The monoisotopic (exact) mass is 584 g/mol. The highest BCUT2D eigenvalue weighted by Crippen LogP contribution is 2.30. The molecule has 0 unspecified atom stereocenters. The number of carbonyl (C=O) groups excluding carboxylic acids is 1. The van der Waals surface area contributed by atoms with E-state index in [0.717, 1.165) is 81.3 Å². The number of anilines is 2. The third-order valence-electron chi connectivity index (χ3n) is 8.95. The molecule has 2 saturated heterocycles. The van der Waals surface area contributed by atoms with Crippen molar-refractivity contribution in [3.63, 3.8) is 0 Å². The van der Waals surface area contributed by atoms with Crippen LogP contribution in [0.15, 0.2) is 73.2 Å². The van der Waals surface area contributed by atoms with Crippen LogP contribution in [0.2, 0.25) is 0 Å². The number of unbranched alkanes of at least 4 members (excludes halogenated alkanes) is 5. The maximum absolute atomic E-state index is 12.9. The number of nitrogens with one attached hydrogen (secondary N) is 1. The Balaban J connectivity index is 0.903. The van der Waals surface area contributed by atoms with Gasteiger partial charge in [-0.3, -0.25) is 15.2 Å². The van der Waals surface area contributed by atoms with Crippen molar-refractivity contribution in [2.24, 2.45) is 0 Å². The van der Waals surface area contributed by atoms with Gasteiger partial charge in [0.2, 0.25) is 0 Å². The number of aromatic nitrogens is 2. The predicted molar refractivity (Wildman–Crippen MR) is 174 cm³/mol. The van der Waals surface area contributed by atoms with Crippen molar-refractivity contribution in [1.82, 2.24) is 19.8 Å². The van der Waals surface area contributed by atoms with Gasteiger partial charge in [0, 0.05) is 57.2 Å². The van der Waals surface area contributed by atoms with Gasteiger partial charge in [0.25, 0.3) is 0 Å². The summed E-state index contributed by atoms with van der Waals surface area (Å²) < 4.78 is 5.98. The van der Waals surface area contributed by atoms with Crippen LogP contribution in [0, 0.1) is 0 Å². The molecule has 230 valence electrons. The zero-order valence-electron chi connectivity index (χ0n) is 25.8. The Labute approximate surface area is 257 Å². The number of likely N-dealkylation sites (tertiary alicyclic amines) is 1. The zero-order chi connectivity index (χ0) is 29.7. The molecule has 1 amide bonds. The highest BCUT2D eigenvalue weighted by Gasteiger charge is 2.33. The zero-order valence-corrected chi connectivity index (χ0v) is 25.8. The maximum Gasteiger partial charge on any atom is 0.412 e. The van der Waals surface area contributed by atoms with E-state index < -0.39 is 5.60 Å². The SMILES string of the molecule is CC1(OC(=O)Nc2ccccc2-c2ccccc2)CCN(CCCCCCCCN2CCN(c3cnccn3)CC2)CC1. The van der Waals surface area contributed by atoms with Crippen LogP contribution in [-0.2, 0) is 4.74 Å². The number of para-hydroxylation sites is 1. The minimum absolute atomic E-state index is 0.372. The predicted octanol–water partition coefficient (Wildman–Crippen LogP) is 6.71. The average Bonchev–Trinajstić information content (AvgIpc) is 3.04. The highest BCUT2D eigenvalue weighted by molar-refractivity contribution is 5.91. The molecular formula is C35H48N6O2. The summed E-state index contributed by atoms with van der Waals surface area (Å²) in [5.74, 6) is 0.998. The van der Waals surface area contributed by atoms with Crippen LogP contribution in [0.5, 0.6) is 0 Å². The molecule has 0 bridgehead atoms. The number of amides is 1. The van der Waals surface area contributed by atoms with E-state index in [0.29, 0.717) is 0 Å². The molecule has 8 heteroatoms. The van der Waals surface area contributed by atoms with Gasteiger partial charge in [-0.05, 0) is 57.3 Å². The lowest BCUT2D eigenvalue weighted by Gasteiger charge is -2.38. The number of hydrogen-bond acceptors (Lipinski definition) is 7. The van der Waals surface area contributed by atoms with Gasteiger partial charge in [0.05, 0.1) is 11.9 Å². The van der Waals surface area contributed by atoms with Gasteiger partial charge in [-0.1, -0.05) is 74.2 Å². The molecule has 1 aromatic heterocycles. The topological polar surface area (TPSA) is 73.8 Å². The maximum atomic E-state index is 12.9. The van der Waals surface area contributed by atoms with Crippen LogP contribution in [0.4, 0.5) is 16.3 Å². The number of nitrogens with zero attached hydrogens (tertiary/aromatic N) is 5. The summed E-state index contributed by atoms with van der Waals surface area (Å²) >= 11 is 0. The third-order valence-corrected chi connectivity index (χ3v) is 8.95. The number of piperazine rings is 1. The van der Waals surface area contributed by atoms with E-state index in [1.54, 1.807) is 12.4 Å². The fraction of sp³-hybridized carbons (Fsp3) is 0.514. The van der Waals surface area contributed by atoms with Crippen LogP contribution >= 0.6 is 0 Å². The molecule has 1 N–H and O–H groups in total. The first-order valence-electron chi connectivity index (χ1n) is 16.2. The van der Waals surface area contributed by atoms with Crippen molar-refractivity contribution in [2.45, 2.75) is 63.9 Å². The second kappa shape index (κ2) is 15.8. The van der Waals surface area contributed by atoms with Crippen molar-refractivity contribution in [3.05, 3.63) is 73.2 Å². The molecule has 0 spiro atoms. The summed E-state index contributed by atoms with van der Waals surface area (Å²) in [5, 5.41) is 3.00. The van der Waals surface area contributed by atoms with E-state index >= 15 is 0 Å². The number of benzene rings is 2. The molecule has 5 rings (SSSR count). The van der Waals surface area contributed by atoms with E-state index in [1.165, 1.54) is 45.1 Å². The number of ether oxygens (including phenoxy) is 1. The molecule has 2 aliphatic heterocycles. The Morgan fingerprint density at radius 1 is 0.791 bits per heavy atom. The van der Waals surface area contributed by atoms with Gasteiger partial charge < -0.3 is 14.5 Å². The molecule has 2 aliphatic rings. The van der Waals surface area contributed by atoms with Crippen LogP contribution < -0.4 is 10.2 Å². The van der Waals surface area contributed by atoms with E-state index in [-0.39, 0.29) is 6.09 Å². The lowest BCUT2D eigenvalue weighted by molar-refractivity contribution is -0.0163. The summed E-state index contributed by atoms with van der Waals surface area (Å²) in [7, 11) is 0. The molecule has 8 nitrogen and oxygen atoms in total. The van der Waals surface area contributed by atoms with Gasteiger partial charge >= 0.3 is 6.09 Å². The average molecular weight is 585 g/mol. The first-order chi connectivity index (χ1) is 21.1. The van der Waals surface area contributed by atoms with Crippen LogP contribution in [-0.4, -0.2) is 83.8 Å². The summed E-state index contributed by atoms with van der Waals surface area (Å²) in [5.41, 5.74) is 2.42. The molecule has 2 fully saturated rings. The number of hydrogen-bond donors (Lipinski definition) is 1. The fourth-order valence-electron chi connectivity index (χ4n) is 6.21. The molecule has 0 radical (unpaired) electrons. The molecular weight excluding hydrogens is 536 g/mol. The van der Waals surface area contributed by atoms with Crippen LogP contribution in [0.3, 0.4) is 0 Å². The first kappa shape index (κ1) is 31.0. The van der Waals surface area contributed by atoms with Crippen LogP contribution in [0.1, 0.15) is 58.3 Å². The van der Waals surface area contributed by atoms with Gasteiger partial charge in [0.15, 0.2) is 0 Å². The number of rotatable bonds is 13. The van der Waals surface area contributed by atoms with Gasteiger partial charge in [-0.2, -0.15) is 0 Å². The van der Waals surface area contributed by atoms with E-state index in [9.17, 15) is 4.79 Å². The summed E-state index contributed by atoms with van der Waals surface area (Å²) in [6.07, 6.45) is 14.5. The van der Waals surface area contributed by atoms with Gasteiger partial charge in [-0.15, -0.1) is 0 Å². The van der Waals surface area contributed by atoms with Crippen molar-refractivity contribution >= 4 is 17.6 Å². The normalized spacial score (nSPS) is 17.5. The molecule has 3 heterocycles. The quantitative estimate of drug-likeness (QED) is 0.224. The number of piperidine rings is 1. The largest absolute Gasteiger partial charge is 0.443 e. The molecule has 43 heavy (non-hydrogen) atoms. The molecule has 3 aromatic rings. The Morgan fingerprint density at radius 3 is 2.09 bits per heavy atom. The summed E-state index contributed by atoms with van der Waals surface area (Å²) in [6.45, 7) is 10.7. The lowest BCUT2D eigenvalue weighted by Crippen LogP contribution is -2.46. The van der Waals surface area contributed by atoms with Gasteiger partial charge in [-0.25, -0.2) is 9.78 Å². The van der Waals surface area contributed by atoms with Crippen molar-refractivity contribution in [3.8, 4) is 11.1 Å². The first-order valence-corrected chi connectivity index (χ1v) is 16.2. The molecule has 2 aromatic carbocycles. The van der Waals surface area contributed by atoms with Crippen molar-refractivity contribution in [2.75, 3.05) is 62.6 Å². The fourth-order valence-corrected chi connectivity index (χ4v) is 6.21. The number of carbonyl (C=O) groups is 1. The Bertz CT molecular complexity index is 1240. The van der Waals surface area contributed by atoms with Crippen LogP contribution in [0.25, 0.3) is 11.1 Å². The Morgan fingerprint density at radius 2 is 1.42 bits per heavy atom. The molecule has 0 saturated carbocycles. The smallest absolute Gasteiger partial charge is 0.412 e. The standard InChI is InChI=1S/C35H48N6O2/c1-35(43-34(42)38-32-16-10-9-15-31(32)30-13-7-6-8-14-30)17-23-39(24-18-35)21-11-4-2-3-5-12-22-40-25-27-41(28-26-40)33-29-36-19-20-37-33/h6-10,13-16,19-20,29H,2-5,11-12,17-18,21-28H2,1H3,(H,38,42). The Kier molecular flexibility index (Phi) is 11.4. The molecule has 0 atom stereocenters.